The van der Waals surface area contributed by atoms with Gasteiger partial charge in [0.15, 0.2) is 11.4 Å². The number of phenols is 1. The van der Waals surface area contributed by atoms with Gasteiger partial charge in [0.2, 0.25) is 0 Å². The molecule has 7 heteroatoms. The highest BCUT2D eigenvalue weighted by atomic mass is 35.5. The standard InChI is InChI=1S/C22H20ClN3O3/c1-22(2,3)15-11-17(14-7-5-4-6-8-14)21(27)19(12-15)25-24-18-10-9-16(23)13-20(18)26(28)29/h4-13,27H,1-3H3/b25-24+. The lowest BCUT2D eigenvalue weighted by atomic mass is 9.84. The topological polar surface area (TPSA) is 88.1 Å². The molecule has 0 spiro atoms. The minimum Gasteiger partial charge on any atom is -0.505 e. The van der Waals surface area contributed by atoms with E-state index < -0.39 is 4.92 Å². The number of nitro benzene ring substituents is 1. The highest BCUT2D eigenvalue weighted by Crippen LogP contribution is 2.42. The molecule has 0 saturated heterocycles. The molecule has 6 nitrogen and oxygen atoms in total. The van der Waals surface area contributed by atoms with Gasteiger partial charge in [0.1, 0.15) is 5.69 Å². The first-order valence-corrected chi connectivity index (χ1v) is 9.33. The number of benzene rings is 3. The minimum atomic E-state index is -0.568. The van der Waals surface area contributed by atoms with E-state index in [1.54, 1.807) is 6.07 Å². The molecular formula is C22H20ClN3O3. The van der Waals surface area contributed by atoms with Gasteiger partial charge in [0.25, 0.3) is 5.69 Å². The summed E-state index contributed by atoms with van der Waals surface area (Å²) in [7, 11) is 0. The second-order valence-corrected chi connectivity index (χ2v) is 8.03. The van der Waals surface area contributed by atoms with E-state index >= 15 is 0 Å². The van der Waals surface area contributed by atoms with Crippen LogP contribution in [-0.4, -0.2) is 10.0 Å². The second-order valence-electron chi connectivity index (χ2n) is 7.60. The van der Waals surface area contributed by atoms with Crippen molar-refractivity contribution in [2.45, 2.75) is 26.2 Å². The Kier molecular flexibility index (Phi) is 5.66. The highest BCUT2D eigenvalue weighted by molar-refractivity contribution is 6.30. The van der Waals surface area contributed by atoms with E-state index in [-0.39, 0.29) is 33.2 Å². The summed E-state index contributed by atoms with van der Waals surface area (Å²) in [5.41, 5.74) is 2.25. The molecule has 148 valence electrons. The number of nitro groups is 1. The van der Waals surface area contributed by atoms with Crippen molar-refractivity contribution in [2.24, 2.45) is 10.2 Å². The molecule has 0 saturated carbocycles. The van der Waals surface area contributed by atoms with Crippen molar-refractivity contribution < 1.29 is 10.0 Å². The number of nitrogens with zero attached hydrogens (tertiary/aromatic N) is 3. The maximum absolute atomic E-state index is 11.3. The highest BCUT2D eigenvalue weighted by Gasteiger charge is 2.20. The maximum atomic E-state index is 11.3. The second kappa shape index (κ2) is 8.01. The lowest BCUT2D eigenvalue weighted by Crippen LogP contribution is -2.11. The monoisotopic (exact) mass is 409 g/mol. The van der Waals surface area contributed by atoms with E-state index in [2.05, 4.69) is 31.0 Å². The molecular weight excluding hydrogens is 390 g/mol. The van der Waals surface area contributed by atoms with Crippen molar-refractivity contribution in [1.82, 2.24) is 0 Å². The predicted octanol–water partition coefficient (Wildman–Crippen LogP) is 7.33. The first-order chi connectivity index (χ1) is 13.7. The zero-order valence-electron chi connectivity index (χ0n) is 16.3. The van der Waals surface area contributed by atoms with Crippen LogP contribution in [0.4, 0.5) is 17.1 Å². The molecule has 0 aliphatic rings. The average molecular weight is 410 g/mol. The SMILES string of the molecule is CC(C)(C)c1cc(/N=N/c2ccc(Cl)cc2[N+](=O)[O-])c(O)c(-c2ccccc2)c1. The van der Waals surface area contributed by atoms with E-state index in [0.717, 1.165) is 11.1 Å². The van der Waals surface area contributed by atoms with E-state index in [4.69, 9.17) is 11.6 Å². The number of hydrogen-bond donors (Lipinski definition) is 1. The molecule has 0 amide bonds. The van der Waals surface area contributed by atoms with Gasteiger partial charge >= 0.3 is 0 Å². The van der Waals surface area contributed by atoms with Gasteiger partial charge in [0, 0.05) is 16.7 Å². The summed E-state index contributed by atoms with van der Waals surface area (Å²) in [6, 6.07) is 17.3. The van der Waals surface area contributed by atoms with E-state index in [0.29, 0.717) is 5.56 Å². The summed E-state index contributed by atoms with van der Waals surface area (Å²) in [6.07, 6.45) is 0. The Balaban J connectivity index is 2.15. The van der Waals surface area contributed by atoms with Crippen molar-refractivity contribution in [3.05, 3.63) is 81.4 Å². The third-order valence-corrected chi connectivity index (χ3v) is 4.68. The van der Waals surface area contributed by atoms with Gasteiger partial charge < -0.3 is 5.11 Å². The normalized spacial score (nSPS) is 11.7. The van der Waals surface area contributed by atoms with Gasteiger partial charge in [-0.3, -0.25) is 10.1 Å². The number of halogens is 1. The van der Waals surface area contributed by atoms with Crippen molar-refractivity contribution >= 4 is 28.7 Å². The zero-order valence-corrected chi connectivity index (χ0v) is 17.0. The van der Waals surface area contributed by atoms with Gasteiger partial charge in [0.05, 0.1) is 4.92 Å². The lowest BCUT2D eigenvalue weighted by molar-refractivity contribution is -0.384. The molecule has 0 aliphatic carbocycles. The molecule has 0 aliphatic heterocycles. The van der Waals surface area contributed by atoms with Crippen LogP contribution in [0, 0.1) is 10.1 Å². The lowest BCUT2D eigenvalue weighted by Gasteiger charge is -2.21. The molecule has 3 aromatic carbocycles. The Labute approximate surface area is 173 Å². The summed E-state index contributed by atoms with van der Waals surface area (Å²) in [6.45, 7) is 6.16. The van der Waals surface area contributed by atoms with Crippen LogP contribution in [0.3, 0.4) is 0 Å². The van der Waals surface area contributed by atoms with Crippen molar-refractivity contribution in [3.8, 4) is 16.9 Å². The fourth-order valence-corrected chi connectivity index (χ4v) is 2.97. The fourth-order valence-electron chi connectivity index (χ4n) is 2.80. The van der Waals surface area contributed by atoms with Crippen LogP contribution >= 0.6 is 11.6 Å². The Bertz CT molecular complexity index is 1090. The van der Waals surface area contributed by atoms with E-state index in [9.17, 15) is 15.2 Å². The van der Waals surface area contributed by atoms with E-state index in [1.165, 1.54) is 18.2 Å². The summed E-state index contributed by atoms with van der Waals surface area (Å²) in [5.74, 6) is -0.0374. The largest absolute Gasteiger partial charge is 0.505 e. The smallest absolute Gasteiger partial charge is 0.298 e. The Morgan fingerprint density at radius 2 is 1.62 bits per heavy atom. The third-order valence-electron chi connectivity index (χ3n) is 4.44. The van der Waals surface area contributed by atoms with Crippen LogP contribution < -0.4 is 0 Å². The molecule has 0 radical (unpaired) electrons. The van der Waals surface area contributed by atoms with Crippen LogP contribution in [0.2, 0.25) is 5.02 Å². The summed E-state index contributed by atoms with van der Waals surface area (Å²) < 4.78 is 0. The van der Waals surface area contributed by atoms with Crippen LogP contribution in [0.15, 0.2) is 70.9 Å². The van der Waals surface area contributed by atoms with Crippen LogP contribution in [0.1, 0.15) is 26.3 Å². The Morgan fingerprint density at radius 3 is 2.24 bits per heavy atom. The quantitative estimate of drug-likeness (QED) is 0.278. The molecule has 0 unspecified atom stereocenters. The Morgan fingerprint density at radius 1 is 0.966 bits per heavy atom. The number of aromatic hydroxyl groups is 1. The number of rotatable bonds is 4. The Hall–Kier alpha value is -3.25. The molecule has 3 aromatic rings. The van der Waals surface area contributed by atoms with Crippen LogP contribution in [-0.2, 0) is 5.41 Å². The molecule has 29 heavy (non-hydrogen) atoms. The third kappa shape index (κ3) is 4.60. The van der Waals surface area contributed by atoms with E-state index in [1.807, 2.05) is 36.4 Å². The molecule has 1 N–H and O–H groups in total. The summed E-state index contributed by atoms with van der Waals surface area (Å²) >= 11 is 5.85. The van der Waals surface area contributed by atoms with Gasteiger partial charge in [-0.05, 0) is 40.8 Å². The number of azo groups is 1. The summed E-state index contributed by atoms with van der Waals surface area (Å²) in [5, 5.41) is 30.5. The van der Waals surface area contributed by atoms with Crippen molar-refractivity contribution in [2.75, 3.05) is 0 Å². The predicted molar refractivity (Wildman–Crippen MR) is 115 cm³/mol. The number of hydrogen-bond acceptors (Lipinski definition) is 5. The molecule has 0 heterocycles. The fraction of sp³-hybridized carbons (Fsp3) is 0.182. The number of phenolic OH excluding ortho intramolecular Hbond substituents is 1. The average Bonchev–Trinajstić information content (AvgIpc) is 2.67. The molecule has 0 bridgehead atoms. The van der Waals surface area contributed by atoms with Gasteiger partial charge in [-0.2, -0.15) is 0 Å². The van der Waals surface area contributed by atoms with Gasteiger partial charge in [-0.1, -0.05) is 62.7 Å². The van der Waals surface area contributed by atoms with Crippen molar-refractivity contribution in [3.63, 3.8) is 0 Å². The zero-order chi connectivity index (χ0) is 21.2. The van der Waals surface area contributed by atoms with Crippen LogP contribution in [0.5, 0.6) is 5.75 Å². The molecule has 3 rings (SSSR count). The maximum Gasteiger partial charge on any atom is 0.298 e. The van der Waals surface area contributed by atoms with Gasteiger partial charge in [-0.15, -0.1) is 10.2 Å². The molecule has 0 aromatic heterocycles. The minimum absolute atomic E-state index is 0.0374. The van der Waals surface area contributed by atoms with Crippen molar-refractivity contribution in [1.29, 1.82) is 0 Å². The summed E-state index contributed by atoms with van der Waals surface area (Å²) in [4.78, 5) is 10.7. The molecule has 0 atom stereocenters. The first kappa shape index (κ1) is 20.5. The van der Waals surface area contributed by atoms with Gasteiger partial charge in [-0.25, -0.2) is 0 Å². The molecule has 0 fully saturated rings. The van der Waals surface area contributed by atoms with Crippen LogP contribution in [0.25, 0.3) is 11.1 Å². The first-order valence-electron chi connectivity index (χ1n) is 8.95.